The van der Waals surface area contributed by atoms with E-state index in [9.17, 15) is 0 Å². The third kappa shape index (κ3) is 3.04. The number of nitrogen functional groups attached to an aromatic ring is 1. The van der Waals surface area contributed by atoms with Crippen molar-refractivity contribution in [2.24, 2.45) is 5.73 Å². The van der Waals surface area contributed by atoms with Crippen molar-refractivity contribution in [1.82, 2.24) is 14.5 Å². The topological polar surface area (TPSA) is 82.8 Å². The Morgan fingerprint density at radius 3 is 2.76 bits per heavy atom. The summed E-state index contributed by atoms with van der Waals surface area (Å²) in [6.45, 7) is 1.69. The van der Waals surface area contributed by atoms with Gasteiger partial charge in [-0.25, -0.2) is 9.97 Å². The zero-order valence-corrected chi connectivity index (χ0v) is 9.71. The van der Waals surface area contributed by atoms with E-state index in [-0.39, 0.29) is 0 Å². The van der Waals surface area contributed by atoms with Crippen LogP contribution in [0.2, 0.25) is 0 Å². The van der Waals surface area contributed by atoms with Crippen molar-refractivity contribution in [3.05, 3.63) is 30.9 Å². The first-order chi connectivity index (χ1) is 8.29. The Morgan fingerprint density at radius 2 is 2.06 bits per heavy atom. The van der Waals surface area contributed by atoms with Crippen LogP contribution in [-0.4, -0.2) is 21.1 Å². The van der Waals surface area contributed by atoms with E-state index in [1.54, 1.807) is 12.3 Å². The summed E-state index contributed by atoms with van der Waals surface area (Å²) >= 11 is 0. The van der Waals surface area contributed by atoms with Crippen molar-refractivity contribution in [3.8, 4) is 11.3 Å². The van der Waals surface area contributed by atoms with Crippen molar-refractivity contribution in [2.45, 2.75) is 19.4 Å². The number of rotatable bonds is 5. The van der Waals surface area contributed by atoms with E-state index in [4.69, 9.17) is 11.5 Å². The molecule has 0 fully saturated rings. The summed E-state index contributed by atoms with van der Waals surface area (Å²) in [4.78, 5) is 8.40. The number of hydrogen-bond acceptors (Lipinski definition) is 4. The van der Waals surface area contributed by atoms with Gasteiger partial charge in [-0.15, -0.1) is 0 Å². The molecule has 0 bridgehead atoms. The monoisotopic (exact) mass is 231 g/mol. The Kier molecular flexibility index (Phi) is 3.72. The van der Waals surface area contributed by atoms with E-state index in [0.29, 0.717) is 5.82 Å². The molecule has 5 heteroatoms. The normalized spacial score (nSPS) is 10.6. The quantitative estimate of drug-likeness (QED) is 0.759. The first-order valence-electron chi connectivity index (χ1n) is 5.73. The first kappa shape index (κ1) is 11.6. The predicted molar refractivity (Wildman–Crippen MR) is 68.2 cm³/mol. The van der Waals surface area contributed by atoms with Gasteiger partial charge in [0.05, 0.1) is 12.0 Å². The van der Waals surface area contributed by atoms with Crippen molar-refractivity contribution >= 4 is 5.82 Å². The average Bonchev–Trinajstić information content (AvgIpc) is 2.79. The molecule has 0 saturated carbocycles. The highest BCUT2D eigenvalue weighted by Gasteiger charge is 2.02. The highest BCUT2D eigenvalue weighted by Crippen LogP contribution is 2.16. The minimum absolute atomic E-state index is 0.524. The van der Waals surface area contributed by atoms with E-state index < -0.39 is 0 Å². The van der Waals surface area contributed by atoms with Crippen LogP contribution in [0.15, 0.2) is 30.9 Å². The Labute approximate surface area is 100 Å². The number of hydrogen-bond donors (Lipinski definition) is 2. The molecule has 0 aliphatic carbocycles. The van der Waals surface area contributed by atoms with Gasteiger partial charge < -0.3 is 16.0 Å². The van der Waals surface area contributed by atoms with E-state index in [2.05, 4.69) is 14.5 Å². The van der Waals surface area contributed by atoms with Crippen LogP contribution >= 0.6 is 0 Å². The van der Waals surface area contributed by atoms with Gasteiger partial charge in [0.1, 0.15) is 5.82 Å². The highest BCUT2D eigenvalue weighted by atomic mass is 15.0. The van der Waals surface area contributed by atoms with Gasteiger partial charge in [0.15, 0.2) is 0 Å². The Balaban J connectivity index is 2.04. The summed E-state index contributed by atoms with van der Waals surface area (Å²) in [6, 6.07) is 3.71. The molecular formula is C12H17N5. The second-order valence-electron chi connectivity index (χ2n) is 3.96. The summed E-state index contributed by atoms with van der Waals surface area (Å²) in [5.41, 5.74) is 12.9. The molecule has 0 unspecified atom stereocenters. The minimum atomic E-state index is 0.524. The molecule has 17 heavy (non-hydrogen) atoms. The first-order valence-corrected chi connectivity index (χ1v) is 5.73. The molecule has 0 aliphatic rings. The minimum Gasteiger partial charge on any atom is -0.384 e. The van der Waals surface area contributed by atoms with Gasteiger partial charge in [-0.2, -0.15) is 0 Å². The SMILES string of the molecule is NCCCCn1cnc(-c2ccc(N)nc2)c1. The van der Waals surface area contributed by atoms with Gasteiger partial charge in [-0.05, 0) is 31.5 Å². The fourth-order valence-electron chi connectivity index (χ4n) is 1.63. The summed E-state index contributed by atoms with van der Waals surface area (Å²) in [5, 5.41) is 0. The smallest absolute Gasteiger partial charge is 0.123 e. The molecule has 0 aromatic carbocycles. The molecule has 5 nitrogen and oxygen atoms in total. The fourth-order valence-corrected chi connectivity index (χ4v) is 1.63. The van der Waals surface area contributed by atoms with Crippen LogP contribution in [0.3, 0.4) is 0 Å². The standard InChI is InChI=1S/C12H17N5/c13-5-1-2-6-17-8-11(16-9-17)10-3-4-12(14)15-7-10/h3-4,7-9H,1-2,5-6,13H2,(H2,14,15). The largest absolute Gasteiger partial charge is 0.384 e. The van der Waals surface area contributed by atoms with Crippen LogP contribution < -0.4 is 11.5 Å². The van der Waals surface area contributed by atoms with Crippen LogP contribution in [0.25, 0.3) is 11.3 Å². The van der Waals surface area contributed by atoms with Crippen molar-refractivity contribution in [2.75, 3.05) is 12.3 Å². The lowest BCUT2D eigenvalue weighted by atomic mass is 10.2. The second-order valence-corrected chi connectivity index (χ2v) is 3.96. The average molecular weight is 231 g/mol. The number of nitrogens with zero attached hydrogens (tertiary/aromatic N) is 3. The Bertz CT molecular complexity index is 460. The van der Waals surface area contributed by atoms with Gasteiger partial charge in [-0.3, -0.25) is 0 Å². The van der Waals surface area contributed by atoms with Gasteiger partial charge in [0.25, 0.3) is 0 Å². The molecule has 4 N–H and O–H groups in total. The predicted octanol–water partition coefficient (Wildman–Crippen LogP) is 1.27. The lowest BCUT2D eigenvalue weighted by Gasteiger charge is -2.00. The Hall–Kier alpha value is -1.88. The van der Waals surface area contributed by atoms with Crippen LogP contribution in [0.5, 0.6) is 0 Å². The van der Waals surface area contributed by atoms with Crippen LogP contribution in [-0.2, 0) is 6.54 Å². The molecule has 2 aromatic heterocycles. The number of imidazole rings is 1. The molecular weight excluding hydrogens is 214 g/mol. The van der Waals surface area contributed by atoms with E-state index in [0.717, 1.165) is 37.2 Å². The number of nitrogens with two attached hydrogens (primary N) is 2. The zero-order chi connectivity index (χ0) is 12.1. The maximum Gasteiger partial charge on any atom is 0.123 e. The number of anilines is 1. The maximum atomic E-state index is 5.54. The van der Waals surface area contributed by atoms with Crippen molar-refractivity contribution in [3.63, 3.8) is 0 Å². The zero-order valence-electron chi connectivity index (χ0n) is 9.71. The Morgan fingerprint density at radius 1 is 1.18 bits per heavy atom. The number of pyridine rings is 1. The highest BCUT2D eigenvalue weighted by molar-refractivity contribution is 5.58. The van der Waals surface area contributed by atoms with Crippen LogP contribution in [0.1, 0.15) is 12.8 Å². The maximum absolute atomic E-state index is 5.54. The van der Waals surface area contributed by atoms with Crippen LogP contribution in [0, 0.1) is 0 Å². The third-order valence-electron chi connectivity index (χ3n) is 2.59. The third-order valence-corrected chi connectivity index (χ3v) is 2.59. The van der Waals surface area contributed by atoms with E-state index >= 15 is 0 Å². The van der Waals surface area contributed by atoms with Crippen molar-refractivity contribution < 1.29 is 0 Å². The molecule has 90 valence electrons. The molecule has 0 atom stereocenters. The van der Waals surface area contributed by atoms with Crippen LogP contribution in [0.4, 0.5) is 5.82 Å². The van der Waals surface area contributed by atoms with Gasteiger partial charge in [0, 0.05) is 24.5 Å². The van der Waals surface area contributed by atoms with Gasteiger partial charge in [0.2, 0.25) is 0 Å². The fraction of sp³-hybridized carbons (Fsp3) is 0.333. The number of unbranched alkanes of at least 4 members (excludes halogenated alkanes) is 1. The molecule has 0 saturated heterocycles. The molecule has 2 aromatic rings. The van der Waals surface area contributed by atoms with Crippen molar-refractivity contribution in [1.29, 1.82) is 0 Å². The number of aromatic nitrogens is 3. The summed E-state index contributed by atoms with van der Waals surface area (Å²) in [7, 11) is 0. The molecule has 2 heterocycles. The van der Waals surface area contributed by atoms with E-state index in [1.165, 1.54) is 0 Å². The molecule has 0 amide bonds. The molecule has 0 spiro atoms. The lowest BCUT2D eigenvalue weighted by molar-refractivity contribution is 0.614. The molecule has 2 rings (SSSR count). The number of aryl methyl sites for hydroxylation is 1. The van der Waals surface area contributed by atoms with E-state index in [1.807, 2.05) is 18.6 Å². The summed E-state index contributed by atoms with van der Waals surface area (Å²) < 4.78 is 2.07. The van der Waals surface area contributed by atoms with Gasteiger partial charge >= 0.3 is 0 Å². The molecule has 0 radical (unpaired) electrons. The summed E-state index contributed by atoms with van der Waals surface area (Å²) in [6.07, 6.45) is 7.71. The summed E-state index contributed by atoms with van der Waals surface area (Å²) in [5.74, 6) is 0.524. The lowest BCUT2D eigenvalue weighted by Crippen LogP contribution is -2.01. The second kappa shape index (κ2) is 5.45. The molecule has 0 aliphatic heterocycles. The van der Waals surface area contributed by atoms with Gasteiger partial charge in [-0.1, -0.05) is 0 Å².